The Balaban J connectivity index is 2.09. The molecule has 2 amide bonds. The molecule has 7 nitrogen and oxygen atoms in total. The fraction of sp³-hybridized carbons (Fsp3) is 0.310. The third kappa shape index (κ3) is 9.40. The smallest absolute Gasteiger partial charge is 0.244 e. The summed E-state index contributed by atoms with van der Waals surface area (Å²) in [5.74, 6) is -1.03. The molecule has 0 aliphatic carbocycles. The highest BCUT2D eigenvalue weighted by atomic mass is 35.5. The molecule has 42 heavy (non-hydrogen) atoms. The Labute approximate surface area is 271 Å². The van der Waals surface area contributed by atoms with Crippen LogP contribution in [0.2, 0.25) is 25.1 Å². The van der Waals surface area contributed by atoms with Gasteiger partial charge in [0.05, 0.1) is 37.1 Å². The van der Waals surface area contributed by atoms with E-state index < -0.39 is 28.5 Å². The van der Waals surface area contributed by atoms with Crippen molar-refractivity contribution in [2.45, 2.75) is 38.8 Å². The Morgan fingerprint density at radius 2 is 1.48 bits per heavy atom. The van der Waals surface area contributed by atoms with Gasteiger partial charge in [-0.05, 0) is 41.8 Å². The number of halogens is 5. The molecule has 226 valence electrons. The van der Waals surface area contributed by atoms with Crippen LogP contribution in [0.4, 0.5) is 5.69 Å². The summed E-state index contributed by atoms with van der Waals surface area (Å²) >= 11 is 31.0. The summed E-state index contributed by atoms with van der Waals surface area (Å²) < 4.78 is 26.8. The predicted molar refractivity (Wildman–Crippen MR) is 173 cm³/mol. The van der Waals surface area contributed by atoms with Gasteiger partial charge in [-0.2, -0.15) is 0 Å². The number of unbranched alkanes of at least 4 members (excludes halogenated alkanes) is 1. The van der Waals surface area contributed by atoms with Crippen molar-refractivity contribution in [2.24, 2.45) is 0 Å². The maximum atomic E-state index is 14.1. The minimum atomic E-state index is -4.05. The van der Waals surface area contributed by atoms with Crippen molar-refractivity contribution in [1.82, 2.24) is 10.2 Å². The normalized spacial score (nSPS) is 12.1. The number of carbonyl (C=O) groups excluding carboxylic acids is 2. The van der Waals surface area contributed by atoms with Gasteiger partial charge in [0, 0.05) is 19.5 Å². The highest BCUT2D eigenvalue weighted by molar-refractivity contribution is 7.92. The Bertz CT molecular complexity index is 1520. The van der Waals surface area contributed by atoms with Crippen LogP contribution in [-0.2, 0) is 32.6 Å². The molecular weight excluding hydrogens is 664 g/mol. The number of benzene rings is 3. The van der Waals surface area contributed by atoms with Crippen molar-refractivity contribution < 1.29 is 18.0 Å². The lowest BCUT2D eigenvalue weighted by molar-refractivity contribution is -0.140. The second-order valence-corrected chi connectivity index (χ2v) is 13.6. The van der Waals surface area contributed by atoms with Gasteiger partial charge in [-0.3, -0.25) is 13.9 Å². The average Bonchev–Trinajstić information content (AvgIpc) is 2.93. The van der Waals surface area contributed by atoms with Gasteiger partial charge in [0.1, 0.15) is 12.6 Å². The van der Waals surface area contributed by atoms with E-state index in [4.69, 9.17) is 58.0 Å². The van der Waals surface area contributed by atoms with Gasteiger partial charge in [-0.15, -0.1) is 0 Å². The summed E-state index contributed by atoms with van der Waals surface area (Å²) in [6.45, 7) is 1.71. The summed E-state index contributed by atoms with van der Waals surface area (Å²) in [7, 11) is -4.05. The van der Waals surface area contributed by atoms with Gasteiger partial charge in [0.25, 0.3) is 0 Å². The molecule has 1 N–H and O–H groups in total. The van der Waals surface area contributed by atoms with E-state index in [-0.39, 0.29) is 44.7 Å². The maximum Gasteiger partial charge on any atom is 0.244 e. The average molecular weight is 694 g/mol. The van der Waals surface area contributed by atoms with Crippen LogP contribution < -0.4 is 9.62 Å². The number of carbonyl (C=O) groups is 2. The maximum absolute atomic E-state index is 14.1. The molecule has 0 saturated carbocycles. The van der Waals surface area contributed by atoms with Crippen LogP contribution in [0.1, 0.15) is 30.9 Å². The topological polar surface area (TPSA) is 86.8 Å². The molecule has 0 aliphatic rings. The molecular formula is C29H30Cl5N3O4S. The Hall–Kier alpha value is -2.20. The van der Waals surface area contributed by atoms with Gasteiger partial charge in [-0.1, -0.05) is 108 Å². The zero-order chi connectivity index (χ0) is 31.0. The molecule has 0 fully saturated rings. The van der Waals surface area contributed by atoms with Crippen LogP contribution in [0.5, 0.6) is 0 Å². The standard InChI is InChI=1S/C29H30Cl5N3O4S/c1-3-4-12-35-29(39)27(14-19-8-6-5-7-9-19)36(17-20-10-11-21(30)22(31)13-20)28(38)18-37(42(2,40)41)26-16-24(33)23(32)15-25(26)34/h5-11,13,15-16,27H,3-4,12,14,17-18H2,1-2H3,(H,35,39). The van der Waals surface area contributed by atoms with E-state index >= 15 is 0 Å². The number of rotatable bonds is 13. The number of hydrogen-bond acceptors (Lipinski definition) is 4. The third-order valence-corrected chi connectivity index (χ3v) is 9.27. The molecule has 0 bridgehead atoms. The fourth-order valence-corrected chi connectivity index (χ4v) is 6.06. The van der Waals surface area contributed by atoms with E-state index in [9.17, 15) is 18.0 Å². The number of anilines is 1. The van der Waals surface area contributed by atoms with E-state index in [0.717, 1.165) is 29.0 Å². The Morgan fingerprint density at radius 1 is 0.833 bits per heavy atom. The highest BCUT2D eigenvalue weighted by Gasteiger charge is 2.33. The largest absolute Gasteiger partial charge is 0.354 e. The first kappa shape index (κ1) is 34.3. The first-order valence-electron chi connectivity index (χ1n) is 13.0. The lowest BCUT2D eigenvalue weighted by Crippen LogP contribution is -2.53. The van der Waals surface area contributed by atoms with E-state index in [1.165, 1.54) is 17.0 Å². The molecule has 3 aromatic rings. The monoisotopic (exact) mass is 691 g/mol. The highest BCUT2D eigenvalue weighted by Crippen LogP contribution is 2.36. The summed E-state index contributed by atoms with van der Waals surface area (Å²) in [5, 5.41) is 3.68. The van der Waals surface area contributed by atoms with Crippen LogP contribution in [0.25, 0.3) is 0 Å². The SMILES string of the molecule is CCCCNC(=O)C(Cc1ccccc1)N(Cc1ccc(Cl)c(Cl)c1)C(=O)CN(c1cc(Cl)c(Cl)cc1Cl)S(C)(=O)=O. The van der Waals surface area contributed by atoms with Gasteiger partial charge < -0.3 is 10.2 Å². The lowest BCUT2D eigenvalue weighted by Gasteiger charge is -2.33. The van der Waals surface area contributed by atoms with Crippen LogP contribution in [0.15, 0.2) is 60.7 Å². The molecule has 0 aromatic heterocycles. The molecule has 1 unspecified atom stereocenters. The third-order valence-electron chi connectivity index (χ3n) is 6.38. The second kappa shape index (κ2) is 15.5. The van der Waals surface area contributed by atoms with E-state index in [1.54, 1.807) is 18.2 Å². The van der Waals surface area contributed by atoms with Crippen molar-refractivity contribution in [3.05, 3.63) is 96.9 Å². The summed E-state index contributed by atoms with van der Waals surface area (Å²) in [5.41, 5.74) is 1.38. The molecule has 3 rings (SSSR count). The minimum Gasteiger partial charge on any atom is -0.354 e. The van der Waals surface area contributed by atoms with Crippen molar-refractivity contribution in [1.29, 1.82) is 0 Å². The molecule has 3 aromatic carbocycles. The Kier molecular flexibility index (Phi) is 12.7. The lowest BCUT2D eigenvalue weighted by atomic mass is 10.0. The zero-order valence-electron chi connectivity index (χ0n) is 22.9. The summed E-state index contributed by atoms with van der Waals surface area (Å²) in [4.78, 5) is 29.1. The molecule has 0 heterocycles. The number of amides is 2. The van der Waals surface area contributed by atoms with Crippen molar-refractivity contribution >= 4 is 85.5 Å². The molecule has 1 atom stereocenters. The van der Waals surface area contributed by atoms with Gasteiger partial charge in [0.15, 0.2) is 0 Å². The van der Waals surface area contributed by atoms with Gasteiger partial charge >= 0.3 is 0 Å². The molecule has 13 heteroatoms. The minimum absolute atomic E-state index is 0.0168. The predicted octanol–water partition coefficient (Wildman–Crippen LogP) is 7.28. The Morgan fingerprint density at radius 3 is 2.10 bits per heavy atom. The van der Waals surface area contributed by atoms with Crippen LogP contribution in [-0.4, -0.2) is 50.5 Å². The van der Waals surface area contributed by atoms with Crippen LogP contribution in [0.3, 0.4) is 0 Å². The molecule has 0 saturated heterocycles. The van der Waals surface area contributed by atoms with E-state index in [1.807, 2.05) is 37.3 Å². The van der Waals surface area contributed by atoms with E-state index in [2.05, 4.69) is 5.32 Å². The second-order valence-electron chi connectivity index (χ2n) is 9.61. The van der Waals surface area contributed by atoms with E-state index in [0.29, 0.717) is 17.1 Å². The molecule has 0 radical (unpaired) electrons. The fourth-order valence-electron chi connectivity index (χ4n) is 4.19. The van der Waals surface area contributed by atoms with Crippen molar-refractivity contribution in [2.75, 3.05) is 23.7 Å². The summed E-state index contributed by atoms with van der Waals surface area (Å²) in [6.07, 6.45) is 2.74. The number of nitrogens with one attached hydrogen (secondary N) is 1. The number of sulfonamides is 1. The summed E-state index contributed by atoms with van der Waals surface area (Å²) in [6, 6.07) is 15.7. The first-order chi connectivity index (χ1) is 19.8. The van der Waals surface area contributed by atoms with Gasteiger partial charge in [0.2, 0.25) is 21.8 Å². The zero-order valence-corrected chi connectivity index (χ0v) is 27.5. The van der Waals surface area contributed by atoms with Crippen molar-refractivity contribution in [3.8, 4) is 0 Å². The molecule has 0 spiro atoms. The molecule has 0 aliphatic heterocycles. The van der Waals surface area contributed by atoms with Crippen LogP contribution >= 0.6 is 58.0 Å². The van der Waals surface area contributed by atoms with Crippen LogP contribution in [0, 0.1) is 0 Å². The van der Waals surface area contributed by atoms with Gasteiger partial charge in [-0.25, -0.2) is 8.42 Å². The first-order valence-corrected chi connectivity index (χ1v) is 16.7. The number of hydrogen-bond donors (Lipinski definition) is 1. The number of nitrogens with zero attached hydrogens (tertiary/aromatic N) is 2. The quantitative estimate of drug-likeness (QED) is 0.151. The van der Waals surface area contributed by atoms with Crippen molar-refractivity contribution in [3.63, 3.8) is 0 Å².